The molecule has 1 fully saturated rings. The molecule has 0 radical (unpaired) electrons. The first-order valence-electron chi connectivity index (χ1n) is 10.1. The molecular weight excluding hydrogens is 391 g/mol. The highest BCUT2D eigenvalue weighted by Gasteiger charge is 2.34. The highest BCUT2D eigenvalue weighted by atomic mass is 19.4. The molecule has 2 aromatic heterocycles. The van der Waals surface area contributed by atoms with E-state index in [-0.39, 0.29) is 5.75 Å². The van der Waals surface area contributed by atoms with E-state index >= 15 is 0 Å². The maximum atomic E-state index is 12.8. The Morgan fingerprint density at radius 3 is 2.63 bits per heavy atom. The molecule has 3 aromatic rings. The van der Waals surface area contributed by atoms with Crippen molar-refractivity contribution in [2.45, 2.75) is 38.6 Å². The monoisotopic (exact) mass is 413 g/mol. The quantitative estimate of drug-likeness (QED) is 0.563. The number of pyridine rings is 1. The molecule has 4 nitrogen and oxygen atoms in total. The Balaban J connectivity index is 1.65. The molecule has 5 heterocycles. The van der Waals surface area contributed by atoms with E-state index in [1.807, 2.05) is 37.5 Å². The molecule has 0 atom stereocenters. The zero-order chi connectivity index (χ0) is 20.9. The van der Waals surface area contributed by atoms with Crippen molar-refractivity contribution in [3.63, 3.8) is 0 Å². The third-order valence-electron chi connectivity index (χ3n) is 6.06. The van der Waals surface area contributed by atoms with Gasteiger partial charge in [-0.25, -0.2) is 0 Å². The largest absolute Gasteiger partial charge is 0.573 e. The number of nitrogens with zero attached hydrogens (tertiary/aromatic N) is 3. The second kappa shape index (κ2) is 7.16. The normalized spacial score (nSPS) is 21.2. The van der Waals surface area contributed by atoms with E-state index in [1.165, 1.54) is 17.8 Å². The number of ether oxygens (including phenoxy) is 1. The topological polar surface area (TPSA) is 30.3 Å². The molecule has 30 heavy (non-hydrogen) atoms. The molecule has 1 aromatic carbocycles. The third-order valence-corrected chi connectivity index (χ3v) is 6.06. The smallest absolute Gasteiger partial charge is 0.406 e. The number of aryl methyl sites for hydroxylation is 1. The summed E-state index contributed by atoms with van der Waals surface area (Å²) < 4.78 is 44.7. The minimum absolute atomic E-state index is 0.173. The van der Waals surface area contributed by atoms with Gasteiger partial charge in [0.1, 0.15) is 5.75 Å². The van der Waals surface area contributed by atoms with Gasteiger partial charge in [0.05, 0.1) is 5.52 Å². The number of halogens is 3. The van der Waals surface area contributed by atoms with Gasteiger partial charge in [0.2, 0.25) is 0 Å². The molecule has 2 bridgehead atoms. The van der Waals surface area contributed by atoms with Gasteiger partial charge in [-0.1, -0.05) is 6.07 Å². The molecule has 156 valence electrons. The van der Waals surface area contributed by atoms with E-state index < -0.39 is 6.36 Å². The first-order valence-corrected chi connectivity index (χ1v) is 10.1. The predicted molar refractivity (Wildman–Crippen MR) is 110 cm³/mol. The summed E-state index contributed by atoms with van der Waals surface area (Å²) in [7, 11) is 0. The molecule has 0 unspecified atom stereocenters. The van der Waals surface area contributed by atoms with Crippen molar-refractivity contribution in [3.8, 4) is 5.75 Å². The summed E-state index contributed by atoms with van der Waals surface area (Å²) in [6.45, 7) is 4.74. The lowest BCUT2D eigenvalue weighted by Gasteiger charge is -2.27. The van der Waals surface area contributed by atoms with E-state index in [2.05, 4.69) is 19.2 Å². The number of hydrogen-bond acceptors (Lipinski definition) is 3. The van der Waals surface area contributed by atoms with Crippen LogP contribution in [0, 0.1) is 6.92 Å². The van der Waals surface area contributed by atoms with Gasteiger partial charge in [0.25, 0.3) is 0 Å². The van der Waals surface area contributed by atoms with E-state index in [0.717, 1.165) is 60.2 Å². The number of hydrogen-bond donors (Lipinski definition) is 0. The van der Waals surface area contributed by atoms with E-state index in [1.54, 1.807) is 6.07 Å². The van der Waals surface area contributed by atoms with Crippen molar-refractivity contribution in [2.24, 2.45) is 0 Å². The molecular formula is C23H22F3N3O. The van der Waals surface area contributed by atoms with Crippen LogP contribution in [0.3, 0.4) is 0 Å². The van der Waals surface area contributed by atoms with Crippen LogP contribution in [0.2, 0.25) is 0 Å². The standard InChI is InChI=1S/C23H22F3N3O/c1-15-2-3-16(13-27-15)6-11-29-21-5-4-18(30-23(24,25)26)12-19(21)20-14-28-9-7-17(8-10-28)22(20)29/h2-6,11-13,17H,7-10,14H2,1H3. The van der Waals surface area contributed by atoms with Gasteiger partial charge in [-0.05, 0) is 74.3 Å². The van der Waals surface area contributed by atoms with Gasteiger partial charge in [0, 0.05) is 41.6 Å². The Morgan fingerprint density at radius 1 is 1.13 bits per heavy atom. The van der Waals surface area contributed by atoms with E-state index in [4.69, 9.17) is 0 Å². The van der Waals surface area contributed by atoms with Crippen LogP contribution in [0.4, 0.5) is 13.2 Å². The van der Waals surface area contributed by atoms with Crippen LogP contribution in [-0.2, 0) is 6.54 Å². The molecule has 3 aliphatic rings. The van der Waals surface area contributed by atoms with Gasteiger partial charge < -0.3 is 9.30 Å². The highest BCUT2D eigenvalue weighted by molar-refractivity contribution is 5.90. The van der Waals surface area contributed by atoms with E-state index in [0.29, 0.717) is 5.92 Å². The van der Waals surface area contributed by atoms with Crippen LogP contribution in [0.1, 0.15) is 41.3 Å². The summed E-state index contributed by atoms with van der Waals surface area (Å²) in [5, 5.41) is 0.831. The third kappa shape index (κ3) is 3.58. The van der Waals surface area contributed by atoms with Crippen molar-refractivity contribution in [1.82, 2.24) is 14.5 Å². The lowest BCUT2D eigenvalue weighted by Crippen LogP contribution is -2.29. The van der Waals surface area contributed by atoms with Gasteiger partial charge >= 0.3 is 6.36 Å². The van der Waals surface area contributed by atoms with Crippen LogP contribution in [0.25, 0.3) is 23.2 Å². The number of benzene rings is 1. The fourth-order valence-electron chi connectivity index (χ4n) is 4.67. The van der Waals surface area contributed by atoms with Gasteiger partial charge in [0.15, 0.2) is 0 Å². The molecule has 0 aliphatic carbocycles. The zero-order valence-electron chi connectivity index (χ0n) is 16.6. The highest BCUT2D eigenvalue weighted by Crippen LogP contribution is 2.42. The SMILES string of the molecule is Cc1ccc(C=Cn2c3c(c4cc(OC(F)(F)F)ccc42)CN2CCC3CC2)cn1. The summed E-state index contributed by atoms with van der Waals surface area (Å²) in [5.41, 5.74) is 5.17. The van der Waals surface area contributed by atoms with Crippen LogP contribution in [0.5, 0.6) is 5.75 Å². The first-order chi connectivity index (χ1) is 14.4. The molecule has 0 spiro atoms. The molecule has 0 N–H and O–H groups in total. The second-order valence-electron chi connectivity index (χ2n) is 8.06. The van der Waals surface area contributed by atoms with Crippen molar-refractivity contribution in [3.05, 3.63) is 59.0 Å². The zero-order valence-corrected chi connectivity index (χ0v) is 16.6. The lowest BCUT2D eigenvalue weighted by atomic mass is 9.94. The number of fused-ring (bicyclic) bond motifs is 3. The Bertz CT molecular complexity index is 1110. The fourth-order valence-corrected chi connectivity index (χ4v) is 4.67. The molecule has 3 aliphatic heterocycles. The molecule has 0 saturated carbocycles. The predicted octanol–water partition coefficient (Wildman–Crippen LogP) is 5.56. The summed E-state index contributed by atoms with van der Waals surface area (Å²) in [6, 6.07) is 8.63. The van der Waals surface area contributed by atoms with Gasteiger partial charge in [-0.15, -0.1) is 13.2 Å². The average molecular weight is 413 g/mol. The number of rotatable bonds is 3. The average Bonchev–Trinajstić information content (AvgIpc) is 2.83. The summed E-state index contributed by atoms with van der Waals surface area (Å²) in [6.07, 6.45) is 3.27. The van der Waals surface area contributed by atoms with Crippen LogP contribution in [-0.4, -0.2) is 33.9 Å². The van der Waals surface area contributed by atoms with E-state index in [9.17, 15) is 13.2 Å². The minimum Gasteiger partial charge on any atom is -0.406 e. The van der Waals surface area contributed by atoms with Crippen molar-refractivity contribution < 1.29 is 17.9 Å². The Hall–Kier alpha value is -2.80. The van der Waals surface area contributed by atoms with Crippen LogP contribution < -0.4 is 4.74 Å². The maximum absolute atomic E-state index is 12.8. The summed E-state index contributed by atoms with van der Waals surface area (Å²) in [4.78, 5) is 6.72. The maximum Gasteiger partial charge on any atom is 0.573 e. The number of alkyl halides is 3. The van der Waals surface area contributed by atoms with Crippen molar-refractivity contribution in [1.29, 1.82) is 0 Å². The van der Waals surface area contributed by atoms with Gasteiger partial charge in [-0.3, -0.25) is 9.88 Å². The molecule has 7 heteroatoms. The summed E-state index contributed by atoms with van der Waals surface area (Å²) in [5.74, 6) is 0.229. The van der Waals surface area contributed by atoms with Crippen LogP contribution >= 0.6 is 0 Å². The van der Waals surface area contributed by atoms with Crippen molar-refractivity contribution >= 4 is 23.2 Å². The lowest BCUT2D eigenvalue weighted by molar-refractivity contribution is -0.274. The fraction of sp³-hybridized carbons (Fsp3) is 0.348. The Labute approximate surface area is 172 Å². The molecule has 1 saturated heterocycles. The van der Waals surface area contributed by atoms with Gasteiger partial charge in [-0.2, -0.15) is 0 Å². The second-order valence-corrected chi connectivity index (χ2v) is 8.06. The minimum atomic E-state index is -4.70. The Kier molecular flexibility index (Phi) is 4.58. The molecule has 0 amide bonds. The number of aromatic nitrogens is 2. The summed E-state index contributed by atoms with van der Waals surface area (Å²) >= 11 is 0. The number of piperidine rings is 1. The van der Waals surface area contributed by atoms with Crippen molar-refractivity contribution in [2.75, 3.05) is 13.1 Å². The van der Waals surface area contributed by atoms with Crippen LogP contribution in [0.15, 0.2) is 36.5 Å². The molecule has 6 rings (SSSR count). The Morgan fingerprint density at radius 2 is 1.93 bits per heavy atom. The first kappa shape index (κ1) is 19.2.